The summed E-state index contributed by atoms with van der Waals surface area (Å²) >= 11 is 0. The minimum Gasteiger partial charge on any atom is -0.478 e. The Morgan fingerprint density at radius 3 is 2.81 bits per heavy atom. The van der Waals surface area contributed by atoms with Crippen LogP contribution in [0.2, 0.25) is 0 Å². The molecule has 0 bridgehead atoms. The van der Waals surface area contributed by atoms with Gasteiger partial charge in [0.05, 0.1) is 0 Å². The number of benzene rings is 1. The average Bonchev–Trinajstić information content (AvgIpc) is 2.26. The Kier molecular flexibility index (Phi) is 4.45. The highest BCUT2D eigenvalue weighted by Crippen LogP contribution is 2.14. The van der Waals surface area contributed by atoms with Gasteiger partial charge in [-0.25, -0.2) is 4.79 Å². The van der Waals surface area contributed by atoms with Gasteiger partial charge in [0.2, 0.25) is 0 Å². The third-order valence-corrected chi connectivity index (χ3v) is 2.32. The van der Waals surface area contributed by atoms with Crippen LogP contribution in [0.3, 0.4) is 0 Å². The Labute approximate surface area is 94.4 Å². The highest BCUT2D eigenvalue weighted by molar-refractivity contribution is 5.85. The molecule has 3 heteroatoms. The molecule has 1 aromatic rings. The minimum atomic E-state index is -0.963. The lowest BCUT2D eigenvalue weighted by molar-refractivity contribution is -0.131. The molecule has 84 valence electrons. The zero-order valence-electron chi connectivity index (χ0n) is 9.14. The van der Waals surface area contributed by atoms with E-state index < -0.39 is 5.97 Å². The van der Waals surface area contributed by atoms with Crippen LogP contribution in [0.25, 0.3) is 6.08 Å². The van der Waals surface area contributed by atoms with E-state index in [9.17, 15) is 9.59 Å². The molecule has 0 aromatic heterocycles. The molecule has 1 aromatic carbocycles. The van der Waals surface area contributed by atoms with Crippen molar-refractivity contribution in [2.24, 2.45) is 0 Å². The van der Waals surface area contributed by atoms with Gasteiger partial charge in [0.15, 0.2) is 0 Å². The molecule has 16 heavy (non-hydrogen) atoms. The van der Waals surface area contributed by atoms with Crippen LogP contribution in [0.15, 0.2) is 24.3 Å². The topological polar surface area (TPSA) is 54.4 Å². The van der Waals surface area contributed by atoms with Gasteiger partial charge in [-0.05, 0) is 36.1 Å². The second-order valence-electron chi connectivity index (χ2n) is 3.56. The van der Waals surface area contributed by atoms with E-state index in [1.54, 1.807) is 6.08 Å². The van der Waals surface area contributed by atoms with Crippen molar-refractivity contribution in [2.45, 2.75) is 19.8 Å². The first-order valence-electron chi connectivity index (χ1n) is 5.07. The standard InChI is InChI=1S/C13H14O3/c1-10-4-5-11(6-7-13(15)16)9-12(10)3-2-8-14/h4-9H,2-3H2,1H3,(H,15,16)/b7-6+. The zero-order valence-corrected chi connectivity index (χ0v) is 9.14. The molecule has 0 aliphatic heterocycles. The fourth-order valence-electron chi connectivity index (χ4n) is 1.45. The van der Waals surface area contributed by atoms with Crippen LogP contribution in [0.5, 0.6) is 0 Å². The van der Waals surface area contributed by atoms with Crippen molar-refractivity contribution in [1.29, 1.82) is 0 Å². The number of hydrogen-bond acceptors (Lipinski definition) is 2. The molecule has 0 amide bonds. The first-order valence-corrected chi connectivity index (χ1v) is 5.07. The van der Waals surface area contributed by atoms with Crippen LogP contribution >= 0.6 is 0 Å². The number of hydrogen-bond donors (Lipinski definition) is 1. The molecular weight excluding hydrogens is 204 g/mol. The van der Waals surface area contributed by atoms with Gasteiger partial charge in [-0.3, -0.25) is 0 Å². The lowest BCUT2D eigenvalue weighted by Gasteiger charge is -2.04. The Bertz CT molecular complexity index is 419. The lowest BCUT2D eigenvalue weighted by Crippen LogP contribution is -1.92. The number of carbonyl (C=O) groups is 2. The van der Waals surface area contributed by atoms with Gasteiger partial charge in [0.1, 0.15) is 6.29 Å². The Balaban J connectivity index is 2.88. The molecule has 1 rings (SSSR count). The molecule has 0 heterocycles. The first kappa shape index (κ1) is 12.2. The largest absolute Gasteiger partial charge is 0.478 e. The van der Waals surface area contributed by atoms with E-state index >= 15 is 0 Å². The lowest BCUT2D eigenvalue weighted by atomic mass is 10.0. The third-order valence-electron chi connectivity index (χ3n) is 2.32. The summed E-state index contributed by atoms with van der Waals surface area (Å²) in [6.07, 6.45) is 4.73. The molecular formula is C13H14O3. The summed E-state index contributed by atoms with van der Waals surface area (Å²) in [5.74, 6) is -0.963. The van der Waals surface area contributed by atoms with Crippen LogP contribution in [0, 0.1) is 6.92 Å². The highest BCUT2D eigenvalue weighted by Gasteiger charge is 1.99. The predicted octanol–water partition coefficient (Wildman–Crippen LogP) is 2.22. The van der Waals surface area contributed by atoms with E-state index in [1.807, 2.05) is 25.1 Å². The second-order valence-corrected chi connectivity index (χ2v) is 3.56. The Morgan fingerprint density at radius 1 is 1.44 bits per heavy atom. The first-order chi connectivity index (χ1) is 7.63. The molecule has 0 atom stereocenters. The van der Waals surface area contributed by atoms with Gasteiger partial charge >= 0.3 is 5.97 Å². The molecule has 0 unspecified atom stereocenters. The number of carbonyl (C=O) groups excluding carboxylic acids is 1. The molecule has 1 N–H and O–H groups in total. The van der Waals surface area contributed by atoms with Gasteiger partial charge < -0.3 is 9.90 Å². The minimum absolute atomic E-state index is 0.493. The van der Waals surface area contributed by atoms with E-state index in [0.717, 1.165) is 29.1 Å². The van der Waals surface area contributed by atoms with E-state index in [-0.39, 0.29) is 0 Å². The van der Waals surface area contributed by atoms with Crippen LogP contribution in [0.1, 0.15) is 23.1 Å². The maximum absolute atomic E-state index is 10.4. The van der Waals surface area contributed by atoms with Gasteiger partial charge in [-0.15, -0.1) is 0 Å². The van der Waals surface area contributed by atoms with Crippen molar-refractivity contribution in [3.8, 4) is 0 Å². The summed E-state index contributed by atoms with van der Waals surface area (Å²) in [6, 6.07) is 5.71. The smallest absolute Gasteiger partial charge is 0.328 e. The van der Waals surface area contributed by atoms with E-state index in [1.165, 1.54) is 0 Å². The van der Waals surface area contributed by atoms with E-state index in [4.69, 9.17) is 5.11 Å². The van der Waals surface area contributed by atoms with Crippen LogP contribution < -0.4 is 0 Å². The monoisotopic (exact) mass is 218 g/mol. The number of aliphatic carboxylic acids is 1. The SMILES string of the molecule is Cc1ccc(/C=C/C(=O)O)cc1CCC=O. The molecule has 0 fully saturated rings. The summed E-state index contributed by atoms with van der Waals surface area (Å²) < 4.78 is 0. The van der Waals surface area contributed by atoms with Crippen LogP contribution in [0.4, 0.5) is 0 Å². The summed E-state index contributed by atoms with van der Waals surface area (Å²) in [5, 5.41) is 8.51. The second kappa shape index (κ2) is 5.85. The van der Waals surface area contributed by atoms with Crippen molar-refractivity contribution in [1.82, 2.24) is 0 Å². The quantitative estimate of drug-likeness (QED) is 0.609. The number of carboxylic acids is 1. The van der Waals surface area contributed by atoms with Crippen molar-refractivity contribution in [2.75, 3.05) is 0 Å². The summed E-state index contributed by atoms with van der Waals surface area (Å²) in [5.41, 5.74) is 3.04. The molecule has 0 saturated carbocycles. The fourth-order valence-corrected chi connectivity index (χ4v) is 1.45. The summed E-state index contributed by atoms with van der Waals surface area (Å²) in [7, 11) is 0. The third kappa shape index (κ3) is 3.69. The zero-order chi connectivity index (χ0) is 12.0. The highest BCUT2D eigenvalue weighted by atomic mass is 16.4. The number of carboxylic acid groups (broad SMARTS) is 1. The fraction of sp³-hybridized carbons (Fsp3) is 0.231. The van der Waals surface area contributed by atoms with Gasteiger partial charge in [-0.2, -0.15) is 0 Å². The number of aldehydes is 1. The summed E-state index contributed by atoms with van der Waals surface area (Å²) in [6.45, 7) is 1.98. The van der Waals surface area contributed by atoms with Crippen LogP contribution in [-0.4, -0.2) is 17.4 Å². The van der Waals surface area contributed by atoms with Crippen molar-refractivity contribution >= 4 is 18.3 Å². The van der Waals surface area contributed by atoms with Crippen molar-refractivity contribution < 1.29 is 14.7 Å². The molecule has 0 radical (unpaired) electrons. The van der Waals surface area contributed by atoms with Gasteiger partial charge in [0, 0.05) is 12.5 Å². The maximum atomic E-state index is 10.4. The summed E-state index contributed by atoms with van der Waals surface area (Å²) in [4.78, 5) is 20.7. The van der Waals surface area contributed by atoms with E-state index in [2.05, 4.69) is 0 Å². The van der Waals surface area contributed by atoms with Crippen LogP contribution in [-0.2, 0) is 16.0 Å². The van der Waals surface area contributed by atoms with Gasteiger partial charge in [-0.1, -0.05) is 18.2 Å². The Hall–Kier alpha value is -1.90. The van der Waals surface area contributed by atoms with Gasteiger partial charge in [0.25, 0.3) is 0 Å². The van der Waals surface area contributed by atoms with Crippen molar-refractivity contribution in [3.63, 3.8) is 0 Å². The van der Waals surface area contributed by atoms with Crippen molar-refractivity contribution in [3.05, 3.63) is 41.0 Å². The van der Waals surface area contributed by atoms with E-state index in [0.29, 0.717) is 12.8 Å². The average molecular weight is 218 g/mol. The number of aryl methyl sites for hydroxylation is 2. The predicted molar refractivity (Wildman–Crippen MR) is 62.2 cm³/mol. The molecule has 0 aliphatic carbocycles. The Morgan fingerprint density at radius 2 is 2.19 bits per heavy atom. The molecule has 3 nitrogen and oxygen atoms in total. The molecule has 0 spiro atoms. The number of rotatable bonds is 5. The molecule has 0 saturated heterocycles. The maximum Gasteiger partial charge on any atom is 0.328 e. The normalized spacial score (nSPS) is 10.6. The molecule has 0 aliphatic rings.